The van der Waals surface area contributed by atoms with E-state index in [2.05, 4.69) is 40.7 Å². The molecule has 2 N–H and O–H groups in total. The van der Waals surface area contributed by atoms with Crippen molar-refractivity contribution in [3.63, 3.8) is 0 Å². The Balaban J connectivity index is 0.00000312. The highest BCUT2D eigenvalue weighted by molar-refractivity contribution is 14.0. The van der Waals surface area contributed by atoms with Crippen LogP contribution in [0.1, 0.15) is 17.5 Å². The molecule has 1 aromatic carbocycles. The van der Waals surface area contributed by atoms with E-state index in [1.54, 1.807) is 7.05 Å². The Hall–Kier alpha value is -1.03. The van der Waals surface area contributed by atoms with Crippen molar-refractivity contribution in [2.75, 3.05) is 33.2 Å². The topological polar surface area (TPSA) is 39.7 Å². The number of rotatable bonds is 5. The van der Waals surface area contributed by atoms with Gasteiger partial charge in [0.05, 0.1) is 6.54 Å². The molecule has 2 rings (SSSR count). The predicted molar refractivity (Wildman–Crippen MR) is 106 cm³/mol. The lowest BCUT2D eigenvalue weighted by Crippen LogP contribution is -2.45. The lowest BCUT2D eigenvalue weighted by atomic mass is 10.1. The summed E-state index contributed by atoms with van der Waals surface area (Å²) in [4.78, 5) is 5.58. The van der Waals surface area contributed by atoms with E-state index in [1.807, 2.05) is 6.07 Å². The first kappa shape index (κ1) is 22.0. The van der Waals surface area contributed by atoms with Gasteiger partial charge in [-0.3, -0.25) is 9.89 Å². The molecule has 0 aliphatic carbocycles. The fraction of sp³-hybridized carbons (Fsp3) is 0.588. The molecule has 0 radical (unpaired) electrons. The summed E-state index contributed by atoms with van der Waals surface area (Å²) < 4.78 is 37.3. The molecular formula is C17H26F3IN4. The molecule has 1 aliphatic rings. The van der Waals surface area contributed by atoms with Crippen molar-refractivity contribution in [2.24, 2.45) is 4.99 Å². The maximum Gasteiger partial charge on any atom is 0.401 e. The fourth-order valence-corrected chi connectivity index (χ4v) is 2.93. The molecule has 0 amide bonds. The number of aliphatic imine (C=N–C) groups is 1. The van der Waals surface area contributed by atoms with Crippen LogP contribution in [0.5, 0.6) is 0 Å². The molecule has 4 nitrogen and oxygen atoms in total. The van der Waals surface area contributed by atoms with Crippen molar-refractivity contribution >= 4 is 29.9 Å². The molecule has 1 unspecified atom stereocenters. The van der Waals surface area contributed by atoms with Crippen LogP contribution in [0.15, 0.2) is 29.3 Å². The molecule has 1 fully saturated rings. The minimum atomic E-state index is -4.14. The Kier molecular flexibility index (Phi) is 8.98. The summed E-state index contributed by atoms with van der Waals surface area (Å²) in [7, 11) is 1.67. The Labute approximate surface area is 164 Å². The van der Waals surface area contributed by atoms with Crippen molar-refractivity contribution < 1.29 is 13.2 Å². The van der Waals surface area contributed by atoms with Gasteiger partial charge in [-0.1, -0.05) is 29.8 Å². The largest absolute Gasteiger partial charge is 0.401 e. The summed E-state index contributed by atoms with van der Waals surface area (Å²) in [6.07, 6.45) is -2.58. The first-order valence-electron chi connectivity index (χ1n) is 8.17. The molecular weight excluding hydrogens is 444 g/mol. The van der Waals surface area contributed by atoms with Gasteiger partial charge in [0.25, 0.3) is 0 Å². The number of benzene rings is 1. The molecule has 1 saturated heterocycles. The Morgan fingerprint density at radius 1 is 1.36 bits per heavy atom. The lowest BCUT2D eigenvalue weighted by Gasteiger charge is -2.19. The maximum absolute atomic E-state index is 12.4. The van der Waals surface area contributed by atoms with Crippen molar-refractivity contribution in [1.29, 1.82) is 0 Å². The second-order valence-corrected chi connectivity index (χ2v) is 6.22. The number of hydrogen-bond acceptors (Lipinski definition) is 2. The highest BCUT2D eigenvalue weighted by atomic mass is 127. The molecule has 0 aromatic heterocycles. The summed E-state index contributed by atoms with van der Waals surface area (Å²) in [6.45, 7) is 2.78. The molecule has 0 spiro atoms. The SMILES string of the molecule is CN=C(NCCc1cccc(C)c1)NC1CCN(CC(F)(F)F)C1.I. The number of alkyl halides is 3. The van der Waals surface area contributed by atoms with E-state index < -0.39 is 12.7 Å². The predicted octanol–water partition coefficient (Wildman–Crippen LogP) is 2.96. The van der Waals surface area contributed by atoms with Crippen LogP contribution in [0.25, 0.3) is 0 Å². The van der Waals surface area contributed by atoms with E-state index in [4.69, 9.17) is 0 Å². The number of nitrogens with one attached hydrogen (secondary N) is 2. The molecule has 0 bridgehead atoms. The van der Waals surface area contributed by atoms with Crippen LogP contribution in [0.3, 0.4) is 0 Å². The van der Waals surface area contributed by atoms with Crippen LogP contribution >= 0.6 is 24.0 Å². The van der Waals surface area contributed by atoms with Gasteiger partial charge >= 0.3 is 6.18 Å². The van der Waals surface area contributed by atoms with Gasteiger partial charge in [-0.15, -0.1) is 24.0 Å². The number of halogens is 4. The zero-order chi connectivity index (χ0) is 17.6. The van der Waals surface area contributed by atoms with E-state index in [-0.39, 0.29) is 30.0 Å². The van der Waals surface area contributed by atoms with Gasteiger partial charge in [-0.25, -0.2) is 0 Å². The highest BCUT2D eigenvalue weighted by Gasteiger charge is 2.34. The smallest absolute Gasteiger partial charge is 0.356 e. The van der Waals surface area contributed by atoms with Crippen LogP contribution in [0, 0.1) is 6.92 Å². The first-order chi connectivity index (χ1) is 11.4. The third kappa shape index (κ3) is 8.26. The molecule has 1 aromatic rings. The summed E-state index contributed by atoms with van der Waals surface area (Å²) >= 11 is 0. The number of likely N-dealkylation sites (tertiary alicyclic amines) is 1. The Morgan fingerprint density at radius 3 is 2.76 bits per heavy atom. The molecule has 1 atom stereocenters. The van der Waals surface area contributed by atoms with Gasteiger partial charge in [0.2, 0.25) is 0 Å². The number of guanidine groups is 1. The van der Waals surface area contributed by atoms with Gasteiger partial charge < -0.3 is 10.6 Å². The lowest BCUT2D eigenvalue weighted by molar-refractivity contribution is -0.143. The number of aryl methyl sites for hydroxylation is 1. The van der Waals surface area contributed by atoms with E-state index >= 15 is 0 Å². The van der Waals surface area contributed by atoms with Crippen molar-refractivity contribution in [2.45, 2.75) is 32.0 Å². The van der Waals surface area contributed by atoms with Crippen LogP contribution in [-0.2, 0) is 6.42 Å². The molecule has 1 heterocycles. The standard InChI is InChI=1S/C17H25F3N4.HI/c1-13-4-3-5-14(10-13)6-8-22-16(21-2)23-15-7-9-24(11-15)12-17(18,19)20;/h3-5,10,15H,6-9,11-12H2,1-2H3,(H2,21,22,23);1H. The third-order valence-electron chi connectivity index (χ3n) is 4.03. The molecule has 1 aliphatic heterocycles. The number of hydrogen-bond donors (Lipinski definition) is 2. The summed E-state index contributed by atoms with van der Waals surface area (Å²) in [5.74, 6) is 0.640. The van der Waals surface area contributed by atoms with Crippen LogP contribution in [0.2, 0.25) is 0 Å². The third-order valence-corrected chi connectivity index (χ3v) is 4.03. The monoisotopic (exact) mass is 470 g/mol. The second kappa shape index (κ2) is 10.2. The minimum absolute atomic E-state index is 0. The summed E-state index contributed by atoms with van der Waals surface area (Å²) in [5, 5.41) is 6.43. The van der Waals surface area contributed by atoms with Gasteiger partial charge in [0.1, 0.15) is 0 Å². The highest BCUT2D eigenvalue weighted by Crippen LogP contribution is 2.19. The maximum atomic E-state index is 12.4. The van der Waals surface area contributed by atoms with Gasteiger partial charge in [-0.05, 0) is 25.3 Å². The average Bonchev–Trinajstić information content (AvgIpc) is 2.91. The quantitative estimate of drug-likeness (QED) is 0.395. The molecule has 142 valence electrons. The van der Waals surface area contributed by atoms with Crippen molar-refractivity contribution in [3.8, 4) is 0 Å². The Bertz CT molecular complexity index is 563. The van der Waals surface area contributed by atoms with Crippen molar-refractivity contribution in [3.05, 3.63) is 35.4 Å². The molecule has 0 saturated carbocycles. The van der Waals surface area contributed by atoms with E-state index in [9.17, 15) is 13.2 Å². The van der Waals surface area contributed by atoms with E-state index in [1.165, 1.54) is 16.0 Å². The van der Waals surface area contributed by atoms with Crippen LogP contribution < -0.4 is 10.6 Å². The summed E-state index contributed by atoms with van der Waals surface area (Å²) in [6, 6.07) is 8.31. The normalized spacial score (nSPS) is 18.8. The summed E-state index contributed by atoms with van der Waals surface area (Å²) in [5.41, 5.74) is 2.47. The van der Waals surface area contributed by atoms with E-state index in [0.717, 1.165) is 13.0 Å². The van der Waals surface area contributed by atoms with Crippen molar-refractivity contribution in [1.82, 2.24) is 15.5 Å². The van der Waals surface area contributed by atoms with Gasteiger partial charge in [0.15, 0.2) is 5.96 Å². The number of nitrogens with zero attached hydrogens (tertiary/aromatic N) is 2. The van der Waals surface area contributed by atoms with Crippen LogP contribution in [0.4, 0.5) is 13.2 Å². The minimum Gasteiger partial charge on any atom is -0.356 e. The zero-order valence-corrected chi connectivity index (χ0v) is 16.9. The fourth-order valence-electron chi connectivity index (χ4n) is 2.93. The first-order valence-corrected chi connectivity index (χ1v) is 8.17. The van der Waals surface area contributed by atoms with Crippen LogP contribution in [-0.4, -0.2) is 56.3 Å². The zero-order valence-electron chi connectivity index (χ0n) is 14.6. The molecule has 8 heteroatoms. The van der Waals surface area contributed by atoms with Gasteiger partial charge in [0, 0.05) is 32.7 Å². The Morgan fingerprint density at radius 2 is 2.12 bits per heavy atom. The van der Waals surface area contributed by atoms with Gasteiger partial charge in [-0.2, -0.15) is 13.2 Å². The van der Waals surface area contributed by atoms with E-state index in [0.29, 0.717) is 25.5 Å². The second-order valence-electron chi connectivity index (χ2n) is 6.22. The average molecular weight is 470 g/mol. The molecule has 25 heavy (non-hydrogen) atoms.